The van der Waals surface area contributed by atoms with E-state index in [0.29, 0.717) is 36.0 Å². The number of tetrazole rings is 1. The van der Waals surface area contributed by atoms with Gasteiger partial charge in [-0.3, -0.25) is 14.5 Å². The summed E-state index contributed by atoms with van der Waals surface area (Å²) in [7, 11) is 1.25. The molecule has 6 N–H and O–H groups in total. The Labute approximate surface area is 216 Å². The number of β-lactam (4-membered cyclic amide) rings is 1. The van der Waals surface area contributed by atoms with E-state index in [1.165, 1.54) is 35.5 Å². The van der Waals surface area contributed by atoms with Gasteiger partial charge in [-0.05, 0) is 29.0 Å². The number of aryl methyl sites for hydroxylation is 1. The molecule has 0 bridgehead atoms. The Hall–Kier alpha value is -3.29. The quantitative estimate of drug-likeness (QED) is 0.105. The fourth-order valence-corrected chi connectivity index (χ4v) is 6.27. The lowest BCUT2D eigenvalue weighted by molar-refractivity contribution is -0.150. The SMILES string of the molecule is CON=C(C(=O)NC1C(=O)N2C(C(=O)O)=C(CSc3nnnn3CCCN)CS[C@H]12)c1nsc(N)n1. The summed E-state index contributed by atoms with van der Waals surface area (Å²) in [4.78, 5) is 47.7. The summed E-state index contributed by atoms with van der Waals surface area (Å²) < 4.78 is 5.54. The van der Waals surface area contributed by atoms with Crippen LogP contribution >= 0.6 is 35.1 Å². The molecule has 0 aromatic carbocycles. The molecule has 2 atom stereocenters. The smallest absolute Gasteiger partial charge is 0.352 e. The standard InChI is InChI=1S/C17H21N11O5S3/c1-33-23-8(11-21-16(19)36-24-11)12(29)20-9-13(30)28-10(15(31)32)7(5-34-14(9)28)6-35-17-22-25-26-27(17)4-2-3-18/h9,14H,2-6,18H2,1H3,(H,20,29)(H,31,32)(H2,19,21,24)/t9?,14-/m1/s1. The molecule has 192 valence electrons. The number of carbonyl (C=O) groups excluding carboxylic acids is 2. The zero-order valence-corrected chi connectivity index (χ0v) is 21.2. The minimum atomic E-state index is -1.24. The molecule has 2 aliphatic heterocycles. The average molecular weight is 556 g/mol. The first-order chi connectivity index (χ1) is 17.3. The molecule has 0 spiro atoms. The third-order valence-electron chi connectivity index (χ3n) is 5.04. The number of thioether (sulfide) groups is 2. The largest absolute Gasteiger partial charge is 0.477 e. The van der Waals surface area contributed by atoms with Gasteiger partial charge in [0.2, 0.25) is 16.7 Å². The summed E-state index contributed by atoms with van der Waals surface area (Å²) in [6, 6.07) is -0.965. The van der Waals surface area contributed by atoms with Crippen LogP contribution in [-0.4, -0.2) is 99.6 Å². The average Bonchev–Trinajstić information content (AvgIpc) is 3.50. The van der Waals surface area contributed by atoms with Crippen molar-refractivity contribution >= 4 is 63.7 Å². The van der Waals surface area contributed by atoms with Gasteiger partial charge in [0, 0.05) is 29.6 Å². The maximum atomic E-state index is 12.9. The predicted molar refractivity (Wildman–Crippen MR) is 130 cm³/mol. The second-order valence-electron chi connectivity index (χ2n) is 7.31. The Kier molecular flexibility index (Phi) is 8.01. The highest BCUT2D eigenvalue weighted by Crippen LogP contribution is 2.41. The van der Waals surface area contributed by atoms with Gasteiger partial charge in [0.05, 0.1) is 0 Å². The minimum Gasteiger partial charge on any atom is -0.477 e. The number of carbonyl (C=O) groups is 3. The molecule has 1 saturated heterocycles. The van der Waals surface area contributed by atoms with Crippen molar-refractivity contribution in [3.05, 3.63) is 17.1 Å². The van der Waals surface area contributed by atoms with Crippen LogP contribution in [0.4, 0.5) is 5.13 Å². The number of aromatic nitrogens is 6. The summed E-state index contributed by atoms with van der Waals surface area (Å²) in [5.74, 6) is -1.98. The van der Waals surface area contributed by atoms with Gasteiger partial charge in [-0.2, -0.15) is 9.36 Å². The molecule has 16 nitrogen and oxygen atoms in total. The zero-order chi connectivity index (χ0) is 25.8. The number of rotatable bonds is 11. The number of nitrogens with two attached hydrogens (primary N) is 2. The van der Waals surface area contributed by atoms with Crippen molar-refractivity contribution in [1.29, 1.82) is 0 Å². The number of aliphatic carboxylic acids is 1. The van der Waals surface area contributed by atoms with Crippen LogP contribution < -0.4 is 16.8 Å². The van der Waals surface area contributed by atoms with Crippen molar-refractivity contribution in [3.63, 3.8) is 0 Å². The highest BCUT2D eigenvalue weighted by Gasteiger charge is 2.54. The van der Waals surface area contributed by atoms with Crippen molar-refractivity contribution in [2.24, 2.45) is 10.9 Å². The molecule has 2 aromatic heterocycles. The number of oxime groups is 1. The molecule has 4 rings (SSSR count). The van der Waals surface area contributed by atoms with Gasteiger partial charge in [0.1, 0.15) is 24.2 Å². The molecule has 0 aliphatic carbocycles. The highest BCUT2D eigenvalue weighted by molar-refractivity contribution is 8.01. The van der Waals surface area contributed by atoms with Crippen molar-refractivity contribution in [2.75, 3.05) is 30.9 Å². The fraction of sp³-hybridized carbons (Fsp3) is 0.471. The van der Waals surface area contributed by atoms with Crippen molar-refractivity contribution in [3.8, 4) is 0 Å². The normalized spacial score (nSPS) is 19.7. The van der Waals surface area contributed by atoms with Crippen LogP contribution in [0.3, 0.4) is 0 Å². The maximum absolute atomic E-state index is 12.9. The van der Waals surface area contributed by atoms with Crippen molar-refractivity contribution < 1.29 is 24.3 Å². The van der Waals surface area contributed by atoms with E-state index in [2.05, 4.69) is 35.4 Å². The first-order valence-electron chi connectivity index (χ1n) is 10.4. The molecule has 1 fully saturated rings. The van der Waals surface area contributed by atoms with E-state index in [9.17, 15) is 19.5 Å². The van der Waals surface area contributed by atoms with E-state index < -0.39 is 29.2 Å². The van der Waals surface area contributed by atoms with Crippen LogP contribution in [0.1, 0.15) is 12.2 Å². The highest BCUT2D eigenvalue weighted by atomic mass is 32.2. The van der Waals surface area contributed by atoms with Crippen LogP contribution in [0, 0.1) is 0 Å². The lowest BCUT2D eigenvalue weighted by Crippen LogP contribution is -2.71. The van der Waals surface area contributed by atoms with Crippen LogP contribution in [0.15, 0.2) is 21.6 Å². The van der Waals surface area contributed by atoms with Crippen LogP contribution in [-0.2, 0) is 25.8 Å². The van der Waals surface area contributed by atoms with E-state index in [-0.39, 0.29) is 28.1 Å². The summed E-state index contributed by atoms with van der Waals surface area (Å²) >= 11 is 3.48. The maximum Gasteiger partial charge on any atom is 0.352 e. The minimum absolute atomic E-state index is 0.0454. The number of carboxylic acid groups (broad SMARTS) is 1. The van der Waals surface area contributed by atoms with Crippen molar-refractivity contribution in [2.45, 2.75) is 29.5 Å². The van der Waals surface area contributed by atoms with Gasteiger partial charge in [-0.15, -0.1) is 16.9 Å². The fourth-order valence-electron chi connectivity index (χ4n) is 3.44. The monoisotopic (exact) mass is 555 g/mol. The van der Waals surface area contributed by atoms with Gasteiger partial charge in [0.25, 0.3) is 11.8 Å². The van der Waals surface area contributed by atoms with Gasteiger partial charge >= 0.3 is 5.97 Å². The predicted octanol–water partition coefficient (Wildman–Crippen LogP) is -1.66. The van der Waals surface area contributed by atoms with Crippen LogP contribution in [0.25, 0.3) is 0 Å². The van der Waals surface area contributed by atoms with Crippen LogP contribution in [0.2, 0.25) is 0 Å². The number of nitrogens with zero attached hydrogens (tertiary/aromatic N) is 8. The molecule has 4 heterocycles. The molecule has 19 heteroatoms. The first kappa shape index (κ1) is 25.8. The Balaban J connectivity index is 1.47. The second kappa shape index (κ2) is 11.2. The molecular weight excluding hydrogens is 534 g/mol. The van der Waals surface area contributed by atoms with E-state index in [4.69, 9.17) is 16.3 Å². The number of hydrogen-bond acceptors (Lipinski definition) is 15. The molecule has 0 saturated carbocycles. The van der Waals surface area contributed by atoms with E-state index in [1.54, 1.807) is 4.68 Å². The summed E-state index contributed by atoms with van der Waals surface area (Å²) in [5, 5.41) is 27.7. The van der Waals surface area contributed by atoms with E-state index in [0.717, 1.165) is 11.5 Å². The summed E-state index contributed by atoms with van der Waals surface area (Å²) in [5.41, 5.74) is 11.3. The molecule has 1 unspecified atom stereocenters. The number of fused-ring (bicyclic) bond motifs is 1. The van der Waals surface area contributed by atoms with Crippen molar-refractivity contribution in [1.82, 2.24) is 39.8 Å². The number of nitrogen functional groups attached to an aromatic ring is 1. The Morgan fingerprint density at radius 1 is 1.42 bits per heavy atom. The molecule has 0 radical (unpaired) electrons. The Morgan fingerprint density at radius 3 is 2.89 bits per heavy atom. The first-order valence-corrected chi connectivity index (χ1v) is 13.2. The molecule has 2 aliphatic rings. The number of amides is 2. The second-order valence-corrected chi connectivity index (χ2v) is 10.1. The summed E-state index contributed by atoms with van der Waals surface area (Å²) in [6.45, 7) is 1.02. The lowest BCUT2D eigenvalue weighted by Gasteiger charge is -2.49. The Morgan fingerprint density at radius 2 is 2.22 bits per heavy atom. The third kappa shape index (κ3) is 5.13. The molecule has 2 aromatic rings. The number of anilines is 1. The Bertz CT molecular complexity index is 1230. The number of carboxylic acids is 1. The van der Waals surface area contributed by atoms with E-state index in [1.807, 2.05) is 0 Å². The number of hydrogen-bond donors (Lipinski definition) is 4. The molecule has 2 amide bonds. The number of nitrogens with one attached hydrogen (secondary N) is 1. The molecular formula is C17H21N11O5S3. The van der Waals surface area contributed by atoms with E-state index >= 15 is 0 Å². The topological polar surface area (TPSA) is 230 Å². The van der Waals surface area contributed by atoms with Crippen LogP contribution in [0.5, 0.6) is 0 Å². The van der Waals surface area contributed by atoms with Gasteiger partial charge in [0.15, 0.2) is 5.13 Å². The lowest BCUT2D eigenvalue weighted by atomic mass is 10.0. The van der Waals surface area contributed by atoms with Gasteiger partial charge in [-0.25, -0.2) is 9.48 Å². The zero-order valence-electron chi connectivity index (χ0n) is 18.7. The van der Waals surface area contributed by atoms with Gasteiger partial charge in [-0.1, -0.05) is 16.9 Å². The third-order valence-corrected chi connectivity index (χ3v) is 7.96. The van der Waals surface area contributed by atoms with Gasteiger partial charge < -0.3 is 26.7 Å². The summed E-state index contributed by atoms with van der Waals surface area (Å²) in [6.07, 6.45) is 0.692. The molecule has 36 heavy (non-hydrogen) atoms.